The molecule has 1 saturated carbocycles. The Kier molecular flexibility index (Phi) is 4.18. The largest absolute Gasteiger partial charge is 0.469 e. The fraction of sp³-hybridized carbons (Fsp3) is 0.480. The van der Waals surface area contributed by atoms with Crippen molar-refractivity contribution in [2.45, 2.75) is 37.7 Å². The Morgan fingerprint density at radius 1 is 1.28 bits per heavy atom. The smallest absolute Gasteiger partial charge is 0.312 e. The van der Waals surface area contributed by atoms with Gasteiger partial charge in [-0.25, -0.2) is 9.50 Å². The molecule has 0 N–H and O–H groups in total. The van der Waals surface area contributed by atoms with Gasteiger partial charge in [-0.05, 0) is 37.0 Å². The Morgan fingerprint density at radius 3 is 2.84 bits per heavy atom. The van der Waals surface area contributed by atoms with Crippen LogP contribution < -0.4 is 4.90 Å². The van der Waals surface area contributed by atoms with Gasteiger partial charge in [0.05, 0.1) is 31.5 Å². The number of rotatable bonds is 4. The summed E-state index contributed by atoms with van der Waals surface area (Å²) in [5.41, 5.74) is 3.79. The number of aromatic nitrogens is 3. The second-order valence-corrected chi connectivity index (χ2v) is 9.85. The zero-order valence-corrected chi connectivity index (χ0v) is 18.7. The molecule has 7 nitrogen and oxygen atoms in total. The van der Waals surface area contributed by atoms with E-state index in [2.05, 4.69) is 61.3 Å². The van der Waals surface area contributed by atoms with Gasteiger partial charge in [-0.1, -0.05) is 37.3 Å². The van der Waals surface area contributed by atoms with Gasteiger partial charge in [0.15, 0.2) is 11.5 Å². The van der Waals surface area contributed by atoms with Crippen molar-refractivity contribution < 1.29 is 14.3 Å². The van der Waals surface area contributed by atoms with E-state index in [9.17, 15) is 4.79 Å². The predicted molar refractivity (Wildman–Crippen MR) is 120 cm³/mol. The molecule has 2 aromatic heterocycles. The fourth-order valence-corrected chi connectivity index (χ4v) is 5.96. The molecule has 7 heteroatoms. The first-order valence-corrected chi connectivity index (χ1v) is 11.3. The van der Waals surface area contributed by atoms with Crippen LogP contribution in [0.15, 0.2) is 42.6 Å². The summed E-state index contributed by atoms with van der Waals surface area (Å²) in [6.45, 7) is 6.93. The molecule has 1 aliphatic carbocycles. The van der Waals surface area contributed by atoms with Crippen LogP contribution >= 0.6 is 0 Å². The lowest BCUT2D eigenvalue weighted by molar-refractivity contribution is -0.164. The van der Waals surface area contributed by atoms with E-state index in [1.165, 1.54) is 12.7 Å². The van der Waals surface area contributed by atoms with Crippen LogP contribution in [0.4, 0.5) is 5.69 Å². The van der Waals surface area contributed by atoms with Crippen molar-refractivity contribution in [3.05, 3.63) is 59.5 Å². The highest BCUT2D eigenvalue weighted by molar-refractivity contribution is 5.76. The number of hydrogen-bond donors (Lipinski definition) is 0. The Labute approximate surface area is 187 Å². The van der Waals surface area contributed by atoms with Gasteiger partial charge in [0, 0.05) is 24.4 Å². The fourth-order valence-electron chi connectivity index (χ4n) is 5.96. The number of pyridine rings is 1. The minimum atomic E-state index is -0.740. The van der Waals surface area contributed by atoms with Crippen molar-refractivity contribution in [2.75, 3.05) is 31.7 Å². The van der Waals surface area contributed by atoms with E-state index in [4.69, 9.17) is 19.6 Å². The highest BCUT2D eigenvalue weighted by atomic mass is 16.5. The van der Waals surface area contributed by atoms with Crippen molar-refractivity contribution >= 4 is 17.3 Å². The number of methoxy groups -OCH3 is 1. The van der Waals surface area contributed by atoms with E-state index in [1.807, 2.05) is 4.52 Å². The van der Waals surface area contributed by atoms with E-state index < -0.39 is 5.60 Å². The summed E-state index contributed by atoms with van der Waals surface area (Å²) in [6, 6.07) is 13.0. The topological polar surface area (TPSA) is 69.0 Å². The van der Waals surface area contributed by atoms with Crippen LogP contribution in [0.5, 0.6) is 0 Å². The Balaban J connectivity index is 1.33. The molecule has 0 radical (unpaired) electrons. The van der Waals surface area contributed by atoms with Crippen molar-refractivity contribution in [1.29, 1.82) is 0 Å². The number of hydrogen-bond acceptors (Lipinski definition) is 6. The van der Waals surface area contributed by atoms with Gasteiger partial charge >= 0.3 is 5.97 Å². The lowest BCUT2D eigenvalue weighted by Crippen LogP contribution is -2.50. The third-order valence-electron chi connectivity index (χ3n) is 7.84. The summed E-state index contributed by atoms with van der Waals surface area (Å²) >= 11 is 0. The molecule has 3 unspecified atom stereocenters. The second-order valence-electron chi connectivity index (χ2n) is 9.85. The standard InChI is InChI=1S/C25H28N4O3/c1-16-11-19(28-10-9-24(2,15-28)18-7-5-4-6-8-18)13-29-21(16)26-23(27-29)25-12-17(14-32-25)20(25)22(30)31-3/h4-8,11,13,17,20H,9-10,12,14-15H2,1-3H3/t17?,20?,24-,25?/m0/s1. The quantitative estimate of drug-likeness (QED) is 0.590. The maximum absolute atomic E-state index is 12.4. The first-order chi connectivity index (χ1) is 15.4. The van der Waals surface area contributed by atoms with Gasteiger partial charge in [0.1, 0.15) is 5.60 Å². The maximum atomic E-state index is 12.4. The van der Waals surface area contributed by atoms with E-state index in [0.29, 0.717) is 12.4 Å². The molecule has 7 rings (SSSR count). The maximum Gasteiger partial charge on any atom is 0.312 e. The van der Waals surface area contributed by atoms with Gasteiger partial charge in [-0.15, -0.1) is 5.10 Å². The van der Waals surface area contributed by atoms with E-state index in [-0.39, 0.29) is 23.2 Å². The average Bonchev–Trinajstić information content (AvgIpc) is 3.56. The summed E-state index contributed by atoms with van der Waals surface area (Å²) in [6.07, 6.45) is 3.94. The SMILES string of the molecule is COC(=O)C1C2COC1(c1nc3c(C)cc(N4CC[C@](C)(c5ccccc5)C4)cn3n1)C2. The molecule has 4 fully saturated rings. The van der Waals surface area contributed by atoms with Crippen LogP contribution in [0, 0.1) is 18.8 Å². The minimum absolute atomic E-state index is 0.128. The minimum Gasteiger partial charge on any atom is -0.469 e. The van der Waals surface area contributed by atoms with Crippen molar-refractivity contribution in [3.63, 3.8) is 0 Å². The van der Waals surface area contributed by atoms with Crippen LogP contribution in [0.3, 0.4) is 0 Å². The van der Waals surface area contributed by atoms with Crippen molar-refractivity contribution in [2.24, 2.45) is 11.8 Å². The van der Waals surface area contributed by atoms with Crippen LogP contribution in [0.25, 0.3) is 5.65 Å². The lowest BCUT2D eigenvalue weighted by atomic mass is 9.64. The number of carbonyl (C=O) groups excluding carboxylic acids is 1. The lowest BCUT2D eigenvalue weighted by Gasteiger charge is -2.40. The van der Waals surface area contributed by atoms with E-state index in [1.54, 1.807) is 0 Å². The number of ether oxygens (including phenoxy) is 2. The van der Waals surface area contributed by atoms with Gasteiger partial charge in [0.25, 0.3) is 0 Å². The zero-order chi connectivity index (χ0) is 22.1. The van der Waals surface area contributed by atoms with Gasteiger partial charge in [0.2, 0.25) is 0 Å². The van der Waals surface area contributed by atoms with Crippen molar-refractivity contribution in [3.8, 4) is 0 Å². The number of nitrogens with zero attached hydrogens (tertiary/aromatic N) is 4. The molecular weight excluding hydrogens is 404 g/mol. The highest BCUT2D eigenvalue weighted by Gasteiger charge is 2.67. The monoisotopic (exact) mass is 432 g/mol. The second kappa shape index (κ2) is 6.78. The summed E-state index contributed by atoms with van der Waals surface area (Å²) in [5, 5.41) is 4.80. The van der Waals surface area contributed by atoms with E-state index >= 15 is 0 Å². The Bertz CT molecular complexity index is 1200. The number of benzene rings is 1. The zero-order valence-electron chi connectivity index (χ0n) is 18.7. The number of aryl methyl sites for hydroxylation is 1. The molecule has 4 aliphatic rings. The summed E-state index contributed by atoms with van der Waals surface area (Å²) in [5.74, 6) is 0.255. The summed E-state index contributed by atoms with van der Waals surface area (Å²) in [4.78, 5) is 19.6. The average molecular weight is 433 g/mol. The third-order valence-corrected chi connectivity index (χ3v) is 7.84. The van der Waals surface area contributed by atoms with Crippen LogP contribution in [-0.4, -0.2) is 47.4 Å². The molecule has 4 atom stereocenters. The van der Waals surface area contributed by atoms with Gasteiger partial charge in [-0.3, -0.25) is 4.79 Å². The number of anilines is 1. The molecule has 0 amide bonds. The van der Waals surface area contributed by atoms with Crippen LogP contribution in [0.2, 0.25) is 0 Å². The highest BCUT2D eigenvalue weighted by Crippen LogP contribution is 2.59. The van der Waals surface area contributed by atoms with Gasteiger partial charge < -0.3 is 14.4 Å². The normalized spacial score (nSPS) is 31.2. The van der Waals surface area contributed by atoms with Crippen LogP contribution in [0.1, 0.15) is 36.7 Å². The number of fused-ring (bicyclic) bond motifs is 2. The molecule has 1 aromatic carbocycles. The first kappa shape index (κ1) is 19.7. The number of carbonyl (C=O) groups is 1. The summed E-state index contributed by atoms with van der Waals surface area (Å²) in [7, 11) is 1.43. The van der Waals surface area contributed by atoms with E-state index in [0.717, 1.165) is 42.8 Å². The molecule has 166 valence electrons. The Morgan fingerprint density at radius 2 is 2.09 bits per heavy atom. The molecule has 5 heterocycles. The molecule has 3 aromatic rings. The predicted octanol–water partition coefficient (Wildman–Crippen LogP) is 3.24. The third kappa shape index (κ3) is 2.67. The Hall–Kier alpha value is -2.93. The molecule has 32 heavy (non-hydrogen) atoms. The van der Waals surface area contributed by atoms with Crippen LogP contribution in [-0.2, 0) is 25.3 Å². The molecule has 0 spiro atoms. The molecule has 3 saturated heterocycles. The first-order valence-electron chi connectivity index (χ1n) is 11.3. The van der Waals surface area contributed by atoms with Gasteiger partial charge in [-0.2, -0.15) is 0 Å². The van der Waals surface area contributed by atoms with Crippen molar-refractivity contribution in [1.82, 2.24) is 14.6 Å². The molecular formula is C25H28N4O3. The number of esters is 1. The molecule has 3 aliphatic heterocycles. The summed E-state index contributed by atoms with van der Waals surface area (Å²) < 4.78 is 13.0. The molecule has 2 bridgehead atoms.